The Kier molecular flexibility index (Phi) is 4.88. The largest absolute Gasteiger partial charge is 0.480 e. The molecule has 5 nitrogen and oxygen atoms in total. The van der Waals surface area contributed by atoms with Gasteiger partial charge in [-0.05, 0) is 18.1 Å². The summed E-state index contributed by atoms with van der Waals surface area (Å²) in [7, 11) is 0. The average molecular weight is 226 g/mol. The fourth-order valence-corrected chi connectivity index (χ4v) is 1.38. The molecule has 5 heteroatoms. The molecule has 0 aromatic rings. The zero-order valence-corrected chi connectivity index (χ0v) is 8.76. The lowest BCUT2D eigenvalue weighted by molar-refractivity contribution is -0.141. The van der Waals surface area contributed by atoms with E-state index >= 15 is 0 Å². The van der Waals surface area contributed by atoms with E-state index in [-0.39, 0.29) is 25.4 Å². The van der Waals surface area contributed by atoms with Crippen molar-refractivity contribution in [1.29, 1.82) is 0 Å². The second kappa shape index (κ2) is 6.19. The van der Waals surface area contributed by atoms with E-state index in [1.807, 2.05) is 0 Å². The molecule has 0 fully saturated rings. The van der Waals surface area contributed by atoms with Crippen LogP contribution in [0.25, 0.3) is 0 Å². The van der Waals surface area contributed by atoms with Crippen LogP contribution in [0.3, 0.4) is 0 Å². The summed E-state index contributed by atoms with van der Waals surface area (Å²) in [5.41, 5.74) is 0.599. The lowest BCUT2D eigenvalue weighted by Gasteiger charge is -1.95. The average Bonchev–Trinajstić information content (AvgIpc) is 2.50. The fourth-order valence-electron chi connectivity index (χ4n) is 1.38. The number of aliphatic carboxylic acids is 1. The Morgan fingerprint density at radius 2 is 2.31 bits per heavy atom. The highest BCUT2D eigenvalue weighted by Gasteiger charge is 2.20. The number of ether oxygens (including phenoxy) is 1. The highest BCUT2D eigenvalue weighted by Crippen LogP contribution is 2.17. The monoisotopic (exact) mass is 226 g/mol. The molecule has 0 spiro atoms. The van der Waals surface area contributed by atoms with Crippen molar-refractivity contribution < 1.29 is 24.5 Å². The number of rotatable bonds is 6. The molecule has 0 radical (unpaired) electrons. The number of carbonyl (C=O) groups is 2. The molecule has 88 valence electrons. The SMILES string of the molecule is O=C(O)COCC=CCC1=CC(O)CC1=O. The highest BCUT2D eigenvalue weighted by molar-refractivity contribution is 5.98. The van der Waals surface area contributed by atoms with Crippen molar-refractivity contribution in [3.05, 3.63) is 23.8 Å². The van der Waals surface area contributed by atoms with Crippen molar-refractivity contribution in [2.45, 2.75) is 18.9 Å². The number of hydrogen-bond donors (Lipinski definition) is 2. The van der Waals surface area contributed by atoms with Crippen LogP contribution < -0.4 is 0 Å². The summed E-state index contributed by atoms with van der Waals surface area (Å²) in [6.45, 7) is -0.124. The Labute approximate surface area is 93.0 Å². The van der Waals surface area contributed by atoms with Gasteiger partial charge in [0.05, 0.1) is 12.7 Å². The molecule has 1 unspecified atom stereocenters. The second-order valence-corrected chi connectivity index (χ2v) is 3.47. The summed E-state index contributed by atoms with van der Waals surface area (Å²) >= 11 is 0. The maximum Gasteiger partial charge on any atom is 0.329 e. The lowest BCUT2D eigenvalue weighted by atomic mass is 10.1. The van der Waals surface area contributed by atoms with E-state index < -0.39 is 12.1 Å². The van der Waals surface area contributed by atoms with Gasteiger partial charge in [0.25, 0.3) is 0 Å². The van der Waals surface area contributed by atoms with Gasteiger partial charge in [-0.1, -0.05) is 12.2 Å². The van der Waals surface area contributed by atoms with Crippen LogP contribution in [0.15, 0.2) is 23.8 Å². The van der Waals surface area contributed by atoms with Gasteiger partial charge in [-0.25, -0.2) is 4.79 Å². The van der Waals surface area contributed by atoms with Gasteiger partial charge in [-0.2, -0.15) is 0 Å². The van der Waals surface area contributed by atoms with Crippen molar-refractivity contribution in [3.63, 3.8) is 0 Å². The van der Waals surface area contributed by atoms with Crippen LogP contribution in [0.5, 0.6) is 0 Å². The molecular formula is C11H14O5. The quantitative estimate of drug-likeness (QED) is 0.502. The molecule has 0 aromatic heterocycles. The molecule has 0 saturated carbocycles. The predicted octanol–water partition coefficient (Wildman–Crippen LogP) is 0.294. The number of Topliss-reactive ketones (excluding diaryl/α,β-unsaturated/α-hetero) is 1. The van der Waals surface area contributed by atoms with Gasteiger partial charge in [-0.15, -0.1) is 0 Å². The van der Waals surface area contributed by atoms with Crippen molar-refractivity contribution in [3.8, 4) is 0 Å². The first-order valence-electron chi connectivity index (χ1n) is 4.96. The number of hydrogen-bond acceptors (Lipinski definition) is 4. The first kappa shape index (κ1) is 12.6. The van der Waals surface area contributed by atoms with E-state index in [0.29, 0.717) is 12.0 Å². The van der Waals surface area contributed by atoms with Crippen LogP contribution in [-0.4, -0.2) is 41.3 Å². The first-order valence-corrected chi connectivity index (χ1v) is 4.96. The van der Waals surface area contributed by atoms with Crippen molar-refractivity contribution in [2.24, 2.45) is 0 Å². The van der Waals surface area contributed by atoms with Crippen molar-refractivity contribution in [2.75, 3.05) is 13.2 Å². The van der Waals surface area contributed by atoms with Crippen LogP contribution in [-0.2, 0) is 14.3 Å². The highest BCUT2D eigenvalue weighted by atomic mass is 16.5. The number of aliphatic hydroxyl groups is 1. The third-order valence-electron chi connectivity index (χ3n) is 2.09. The summed E-state index contributed by atoms with van der Waals surface area (Å²) < 4.78 is 4.77. The Bertz CT molecular complexity index is 329. The molecule has 1 atom stereocenters. The third kappa shape index (κ3) is 4.37. The summed E-state index contributed by atoms with van der Waals surface area (Å²) in [4.78, 5) is 21.3. The molecule has 1 aliphatic carbocycles. The van der Waals surface area contributed by atoms with E-state index in [0.717, 1.165) is 0 Å². The van der Waals surface area contributed by atoms with Crippen LogP contribution >= 0.6 is 0 Å². The Morgan fingerprint density at radius 3 is 2.88 bits per heavy atom. The number of ketones is 1. The van der Waals surface area contributed by atoms with Gasteiger partial charge in [0, 0.05) is 6.42 Å². The van der Waals surface area contributed by atoms with Gasteiger partial charge in [0.2, 0.25) is 0 Å². The van der Waals surface area contributed by atoms with E-state index in [1.165, 1.54) is 0 Å². The minimum absolute atomic E-state index is 0.0383. The summed E-state index contributed by atoms with van der Waals surface area (Å²) in [6.07, 6.45) is 4.89. The molecule has 0 bridgehead atoms. The third-order valence-corrected chi connectivity index (χ3v) is 2.09. The maximum absolute atomic E-state index is 11.2. The Morgan fingerprint density at radius 1 is 1.56 bits per heavy atom. The molecule has 1 aliphatic rings. The lowest BCUT2D eigenvalue weighted by Crippen LogP contribution is -2.06. The normalized spacial score (nSPS) is 20.4. The standard InChI is InChI=1S/C11H14O5/c12-9-5-8(10(13)6-9)3-1-2-4-16-7-11(14)15/h1-2,5,9,12H,3-4,6-7H2,(H,14,15). The number of allylic oxidation sites excluding steroid dienone is 2. The van der Waals surface area contributed by atoms with E-state index in [9.17, 15) is 9.59 Å². The Balaban J connectivity index is 2.19. The van der Waals surface area contributed by atoms with Crippen molar-refractivity contribution >= 4 is 11.8 Å². The van der Waals surface area contributed by atoms with E-state index in [1.54, 1.807) is 18.2 Å². The zero-order valence-electron chi connectivity index (χ0n) is 8.76. The number of carbonyl (C=O) groups excluding carboxylic acids is 1. The van der Waals surface area contributed by atoms with Crippen LogP contribution in [0, 0.1) is 0 Å². The smallest absolute Gasteiger partial charge is 0.329 e. The molecule has 2 N–H and O–H groups in total. The number of aliphatic hydroxyl groups excluding tert-OH is 1. The number of carboxylic acid groups (broad SMARTS) is 1. The fraction of sp³-hybridized carbons (Fsp3) is 0.455. The second-order valence-electron chi connectivity index (χ2n) is 3.47. The molecule has 16 heavy (non-hydrogen) atoms. The molecule has 0 amide bonds. The zero-order chi connectivity index (χ0) is 12.0. The van der Waals surface area contributed by atoms with Crippen LogP contribution in [0.1, 0.15) is 12.8 Å². The van der Waals surface area contributed by atoms with Gasteiger partial charge >= 0.3 is 5.97 Å². The first-order chi connectivity index (χ1) is 7.59. The van der Waals surface area contributed by atoms with Gasteiger partial charge < -0.3 is 14.9 Å². The molecular weight excluding hydrogens is 212 g/mol. The maximum atomic E-state index is 11.2. The van der Waals surface area contributed by atoms with Crippen LogP contribution in [0.4, 0.5) is 0 Å². The van der Waals surface area contributed by atoms with Gasteiger partial charge in [0.15, 0.2) is 5.78 Å². The summed E-state index contributed by atoms with van der Waals surface area (Å²) in [6, 6.07) is 0. The predicted molar refractivity (Wildman–Crippen MR) is 55.9 cm³/mol. The topological polar surface area (TPSA) is 83.8 Å². The minimum atomic E-state index is -1.01. The summed E-state index contributed by atoms with van der Waals surface area (Å²) in [5.74, 6) is -1.05. The minimum Gasteiger partial charge on any atom is -0.480 e. The Hall–Kier alpha value is -1.46. The van der Waals surface area contributed by atoms with Crippen molar-refractivity contribution in [1.82, 2.24) is 0 Å². The molecule has 1 rings (SSSR count). The molecule has 0 saturated heterocycles. The van der Waals surface area contributed by atoms with E-state index in [2.05, 4.69) is 0 Å². The van der Waals surface area contributed by atoms with E-state index in [4.69, 9.17) is 14.9 Å². The molecule has 0 heterocycles. The number of carboxylic acids is 1. The summed E-state index contributed by atoms with van der Waals surface area (Å²) in [5, 5.41) is 17.4. The molecule has 0 aromatic carbocycles. The van der Waals surface area contributed by atoms with Gasteiger partial charge in [0.1, 0.15) is 6.61 Å². The molecule has 0 aliphatic heterocycles. The van der Waals surface area contributed by atoms with Gasteiger partial charge in [-0.3, -0.25) is 4.79 Å². The van der Waals surface area contributed by atoms with Crippen LogP contribution in [0.2, 0.25) is 0 Å².